The molecule has 0 saturated carbocycles. The van der Waals surface area contributed by atoms with Crippen LogP contribution in [0, 0.1) is 13.8 Å². The molecule has 25 heavy (non-hydrogen) atoms. The number of carboxylic acids is 2. The van der Waals surface area contributed by atoms with Gasteiger partial charge in [-0.05, 0) is 13.8 Å². The van der Waals surface area contributed by atoms with Crippen LogP contribution in [0.15, 0.2) is 52.9 Å². The van der Waals surface area contributed by atoms with Crippen LogP contribution in [0.2, 0.25) is 0 Å². The van der Waals surface area contributed by atoms with Gasteiger partial charge in [0.15, 0.2) is 0 Å². The summed E-state index contributed by atoms with van der Waals surface area (Å²) in [5.41, 5.74) is 2.36. The Hall–Kier alpha value is -3.34. The van der Waals surface area contributed by atoms with Gasteiger partial charge < -0.3 is 14.6 Å². The summed E-state index contributed by atoms with van der Waals surface area (Å²) >= 11 is 0. The average Bonchev–Trinajstić information content (AvgIpc) is 2.97. The highest BCUT2D eigenvalue weighted by molar-refractivity contribution is 6.09. The lowest BCUT2D eigenvalue weighted by atomic mass is 10.0. The Morgan fingerprint density at radius 2 is 1.00 bits per heavy atom. The van der Waals surface area contributed by atoms with Gasteiger partial charge in [0.25, 0.3) is 0 Å². The normalized spacial score (nSPS) is 10.6. The molecule has 0 atom stereocenters. The van der Waals surface area contributed by atoms with E-state index in [0.29, 0.717) is 11.1 Å². The second-order valence-electron chi connectivity index (χ2n) is 5.85. The maximum Gasteiger partial charge on any atom is 0.340 e. The molecule has 126 valence electrons. The van der Waals surface area contributed by atoms with E-state index in [4.69, 9.17) is 4.42 Å². The van der Waals surface area contributed by atoms with Crippen molar-refractivity contribution in [3.8, 4) is 22.6 Å². The van der Waals surface area contributed by atoms with E-state index < -0.39 is 11.9 Å². The Kier molecular flexibility index (Phi) is 4.15. The van der Waals surface area contributed by atoms with Gasteiger partial charge >= 0.3 is 11.9 Å². The summed E-state index contributed by atoms with van der Waals surface area (Å²) in [7, 11) is 0. The third-order valence-electron chi connectivity index (χ3n) is 3.96. The van der Waals surface area contributed by atoms with Crippen molar-refractivity contribution in [2.24, 2.45) is 0 Å². The molecule has 0 fully saturated rings. The van der Waals surface area contributed by atoms with Crippen molar-refractivity contribution in [3.63, 3.8) is 0 Å². The number of benzene rings is 2. The number of hydrogen-bond donors (Lipinski definition) is 2. The van der Waals surface area contributed by atoms with E-state index in [1.54, 1.807) is 24.3 Å². The minimum absolute atomic E-state index is 0.0421. The monoisotopic (exact) mass is 336 g/mol. The van der Waals surface area contributed by atoms with Gasteiger partial charge in [-0.2, -0.15) is 0 Å². The maximum atomic E-state index is 11.8. The van der Waals surface area contributed by atoms with E-state index in [1.165, 1.54) is 0 Å². The van der Waals surface area contributed by atoms with Gasteiger partial charge in [0.2, 0.25) is 0 Å². The van der Waals surface area contributed by atoms with Crippen LogP contribution in [-0.4, -0.2) is 22.2 Å². The smallest absolute Gasteiger partial charge is 0.340 e. The zero-order valence-electron chi connectivity index (χ0n) is 13.7. The van der Waals surface area contributed by atoms with Crippen LogP contribution in [0.4, 0.5) is 0 Å². The highest BCUT2D eigenvalue weighted by atomic mass is 16.4. The van der Waals surface area contributed by atoms with Crippen molar-refractivity contribution in [1.82, 2.24) is 0 Å². The Morgan fingerprint density at radius 1 is 0.680 bits per heavy atom. The standard InChI is InChI=1S/C20H16O5/c1-11-3-7-13(8-4-11)17-15(19(21)22)16(20(23)24)18(25-17)14-9-5-12(2)6-10-14/h3-10H,1-2H3,(H,21,22)(H,23,24). The van der Waals surface area contributed by atoms with Crippen LogP contribution in [0.3, 0.4) is 0 Å². The molecule has 0 unspecified atom stereocenters. The summed E-state index contributed by atoms with van der Waals surface area (Å²) in [5, 5.41) is 19.2. The van der Waals surface area contributed by atoms with E-state index in [1.807, 2.05) is 38.1 Å². The molecule has 3 aromatic rings. The van der Waals surface area contributed by atoms with Crippen LogP contribution in [-0.2, 0) is 0 Å². The van der Waals surface area contributed by atoms with Crippen molar-refractivity contribution in [2.75, 3.05) is 0 Å². The summed E-state index contributed by atoms with van der Waals surface area (Å²) in [4.78, 5) is 23.5. The Bertz CT molecular complexity index is 869. The molecule has 5 heteroatoms. The van der Waals surface area contributed by atoms with Gasteiger partial charge in [0.05, 0.1) is 0 Å². The third-order valence-corrected chi connectivity index (χ3v) is 3.96. The lowest BCUT2D eigenvalue weighted by molar-refractivity contribution is 0.0654. The fourth-order valence-electron chi connectivity index (χ4n) is 2.66. The van der Waals surface area contributed by atoms with Gasteiger partial charge in [-0.15, -0.1) is 0 Å². The van der Waals surface area contributed by atoms with E-state index in [9.17, 15) is 19.8 Å². The van der Waals surface area contributed by atoms with Crippen molar-refractivity contribution in [2.45, 2.75) is 13.8 Å². The Balaban J connectivity index is 2.30. The van der Waals surface area contributed by atoms with Crippen LogP contribution >= 0.6 is 0 Å². The molecule has 3 rings (SSSR count). The van der Waals surface area contributed by atoms with Gasteiger partial charge in [0, 0.05) is 11.1 Å². The van der Waals surface area contributed by atoms with Gasteiger partial charge in [-0.25, -0.2) is 9.59 Å². The number of carboxylic acid groups (broad SMARTS) is 2. The van der Waals surface area contributed by atoms with Crippen LogP contribution < -0.4 is 0 Å². The van der Waals surface area contributed by atoms with Crippen molar-refractivity contribution < 1.29 is 24.2 Å². The van der Waals surface area contributed by atoms with Crippen molar-refractivity contribution >= 4 is 11.9 Å². The molecule has 2 N–H and O–H groups in total. The minimum Gasteiger partial charge on any atom is -0.478 e. The maximum absolute atomic E-state index is 11.8. The molecule has 0 aliphatic carbocycles. The first-order valence-electron chi connectivity index (χ1n) is 7.66. The molecule has 0 bridgehead atoms. The first kappa shape index (κ1) is 16.5. The molecule has 0 spiro atoms. The largest absolute Gasteiger partial charge is 0.478 e. The predicted octanol–water partition coefficient (Wildman–Crippen LogP) is 4.63. The number of rotatable bonds is 4. The number of carbonyl (C=O) groups is 2. The summed E-state index contributed by atoms with van der Waals surface area (Å²) in [6, 6.07) is 14.1. The molecular weight excluding hydrogens is 320 g/mol. The lowest BCUT2D eigenvalue weighted by Crippen LogP contribution is -2.07. The van der Waals surface area contributed by atoms with Crippen LogP contribution in [0.1, 0.15) is 31.8 Å². The highest BCUT2D eigenvalue weighted by Gasteiger charge is 2.31. The van der Waals surface area contributed by atoms with Crippen LogP contribution in [0.5, 0.6) is 0 Å². The fourth-order valence-corrected chi connectivity index (χ4v) is 2.66. The van der Waals surface area contributed by atoms with E-state index in [0.717, 1.165) is 11.1 Å². The van der Waals surface area contributed by atoms with Gasteiger partial charge in [-0.3, -0.25) is 0 Å². The first-order valence-corrected chi connectivity index (χ1v) is 7.66. The first-order chi connectivity index (χ1) is 11.9. The van der Waals surface area contributed by atoms with E-state index in [-0.39, 0.29) is 22.6 Å². The van der Waals surface area contributed by atoms with Crippen molar-refractivity contribution in [1.29, 1.82) is 0 Å². The average molecular weight is 336 g/mol. The molecule has 0 aliphatic heterocycles. The zero-order valence-corrected chi connectivity index (χ0v) is 13.7. The second-order valence-corrected chi connectivity index (χ2v) is 5.85. The van der Waals surface area contributed by atoms with Gasteiger partial charge in [-0.1, -0.05) is 59.7 Å². The number of hydrogen-bond acceptors (Lipinski definition) is 3. The Labute approximate surface area is 144 Å². The van der Waals surface area contributed by atoms with E-state index >= 15 is 0 Å². The molecule has 0 amide bonds. The molecule has 1 aromatic heterocycles. The highest BCUT2D eigenvalue weighted by Crippen LogP contribution is 2.37. The Morgan fingerprint density at radius 3 is 1.28 bits per heavy atom. The molecule has 0 aliphatic rings. The number of aromatic carboxylic acids is 2. The number of furan rings is 1. The van der Waals surface area contributed by atoms with Crippen LogP contribution in [0.25, 0.3) is 22.6 Å². The van der Waals surface area contributed by atoms with Gasteiger partial charge in [0.1, 0.15) is 22.6 Å². The molecular formula is C20H16O5. The fraction of sp³-hybridized carbons (Fsp3) is 0.100. The summed E-state index contributed by atoms with van der Waals surface area (Å²) in [6.45, 7) is 3.81. The summed E-state index contributed by atoms with van der Waals surface area (Å²) in [6.07, 6.45) is 0. The summed E-state index contributed by atoms with van der Waals surface area (Å²) in [5.74, 6) is -2.59. The molecule has 2 aromatic carbocycles. The molecule has 1 heterocycles. The molecule has 5 nitrogen and oxygen atoms in total. The second kappa shape index (κ2) is 6.28. The third kappa shape index (κ3) is 3.04. The van der Waals surface area contributed by atoms with Crippen molar-refractivity contribution in [3.05, 3.63) is 70.8 Å². The zero-order chi connectivity index (χ0) is 18.1. The summed E-state index contributed by atoms with van der Waals surface area (Å²) < 4.78 is 5.76. The SMILES string of the molecule is Cc1ccc(-c2oc(-c3ccc(C)cc3)c(C(=O)O)c2C(=O)O)cc1. The number of aryl methyl sites for hydroxylation is 2. The quantitative estimate of drug-likeness (QED) is 0.725. The lowest BCUT2D eigenvalue weighted by Gasteiger charge is -2.00. The molecule has 0 saturated heterocycles. The minimum atomic E-state index is -1.34. The molecule has 0 radical (unpaired) electrons. The van der Waals surface area contributed by atoms with E-state index in [2.05, 4.69) is 0 Å². The topological polar surface area (TPSA) is 87.7 Å². The predicted molar refractivity (Wildman–Crippen MR) is 93.0 cm³/mol.